The quantitative estimate of drug-likeness (QED) is 0.499. The van der Waals surface area contributed by atoms with Gasteiger partial charge in [0, 0.05) is 10.9 Å². The van der Waals surface area contributed by atoms with Crippen molar-refractivity contribution in [3.05, 3.63) is 55.9 Å². The van der Waals surface area contributed by atoms with Gasteiger partial charge in [-0.15, -0.1) is 11.3 Å². The number of nitro groups is 1. The molecule has 0 saturated heterocycles. The first-order valence-electron chi connectivity index (χ1n) is 7.89. The number of carbonyl (C=O) groups excluding carboxylic acids is 2. The van der Waals surface area contributed by atoms with Crippen LogP contribution in [-0.2, 0) is 17.6 Å². The molecule has 0 radical (unpaired) electrons. The summed E-state index contributed by atoms with van der Waals surface area (Å²) in [5, 5.41) is 14.2. The van der Waals surface area contributed by atoms with Gasteiger partial charge >= 0.3 is 5.97 Å². The number of nitrogens with one attached hydrogen (secondary N) is 1. The van der Waals surface area contributed by atoms with E-state index in [0.717, 1.165) is 29.7 Å². The zero-order chi connectivity index (χ0) is 18.0. The molecule has 7 nitrogen and oxygen atoms in total. The molecule has 2 aromatic rings. The van der Waals surface area contributed by atoms with E-state index < -0.39 is 16.8 Å². The molecule has 0 aliphatic heterocycles. The number of thiophene rings is 1. The van der Waals surface area contributed by atoms with Crippen LogP contribution in [0.4, 0.5) is 10.7 Å². The van der Waals surface area contributed by atoms with E-state index in [1.54, 1.807) is 13.0 Å². The van der Waals surface area contributed by atoms with Gasteiger partial charge in [0.25, 0.3) is 11.6 Å². The number of para-hydroxylation sites is 1. The van der Waals surface area contributed by atoms with E-state index in [1.807, 2.05) is 0 Å². The highest BCUT2D eigenvalue weighted by Crippen LogP contribution is 2.39. The maximum Gasteiger partial charge on any atom is 0.341 e. The molecule has 1 aliphatic rings. The average molecular weight is 360 g/mol. The summed E-state index contributed by atoms with van der Waals surface area (Å²) >= 11 is 1.34. The Morgan fingerprint density at radius 1 is 1.32 bits per heavy atom. The molecule has 1 heterocycles. The van der Waals surface area contributed by atoms with E-state index >= 15 is 0 Å². The third-order valence-corrected chi connectivity index (χ3v) is 5.18. The Morgan fingerprint density at radius 2 is 2.08 bits per heavy atom. The van der Waals surface area contributed by atoms with Crippen molar-refractivity contribution in [2.75, 3.05) is 11.9 Å². The van der Waals surface area contributed by atoms with Gasteiger partial charge in [0.1, 0.15) is 10.6 Å². The fraction of sp³-hybridized carbons (Fsp3) is 0.294. The normalized spacial score (nSPS) is 12.5. The molecule has 1 aromatic heterocycles. The predicted molar refractivity (Wildman–Crippen MR) is 93.4 cm³/mol. The molecule has 1 N–H and O–H groups in total. The third kappa shape index (κ3) is 3.25. The molecule has 8 heteroatoms. The van der Waals surface area contributed by atoms with E-state index in [9.17, 15) is 19.7 Å². The number of hydrogen-bond donors (Lipinski definition) is 1. The molecule has 0 spiro atoms. The van der Waals surface area contributed by atoms with E-state index in [2.05, 4.69) is 5.32 Å². The van der Waals surface area contributed by atoms with Crippen molar-refractivity contribution in [1.82, 2.24) is 0 Å². The highest BCUT2D eigenvalue weighted by molar-refractivity contribution is 7.17. The Bertz CT molecular complexity index is 859. The molecule has 0 bridgehead atoms. The second-order valence-electron chi connectivity index (χ2n) is 5.51. The summed E-state index contributed by atoms with van der Waals surface area (Å²) in [6, 6.07) is 5.72. The van der Waals surface area contributed by atoms with E-state index in [1.165, 1.54) is 29.5 Å². The van der Waals surface area contributed by atoms with Crippen LogP contribution in [0.25, 0.3) is 0 Å². The van der Waals surface area contributed by atoms with Crippen LogP contribution in [0, 0.1) is 10.1 Å². The number of nitro benzene ring substituents is 1. The van der Waals surface area contributed by atoms with Gasteiger partial charge in [-0.2, -0.15) is 0 Å². The number of nitrogens with zero attached hydrogens (tertiary/aromatic N) is 1. The molecule has 1 amide bonds. The molecule has 0 fully saturated rings. The summed E-state index contributed by atoms with van der Waals surface area (Å²) < 4.78 is 5.11. The van der Waals surface area contributed by atoms with Gasteiger partial charge in [-0.05, 0) is 37.8 Å². The number of amides is 1. The number of benzene rings is 1. The van der Waals surface area contributed by atoms with E-state index in [4.69, 9.17) is 4.74 Å². The lowest BCUT2D eigenvalue weighted by Gasteiger charge is -2.08. The Kier molecular flexibility index (Phi) is 4.80. The SMILES string of the molecule is CCOC(=O)c1c(NC(=O)c2ccccc2[N+](=O)[O-])sc2c1CCC2. The predicted octanol–water partition coefficient (Wildman–Crippen LogP) is 3.57. The molecule has 0 unspecified atom stereocenters. The number of fused-ring (bicyclic) bond motifs is 1. The minimum Gasteiger partial charge on any atom is -0.462 e. The van der Waals surface area contributed by atoms with Gasteiger partial charge in [-0.1, -0.05) is 12.1 Å². The minimum atomic E-state index is -0.613. The van der Waals surface area contributed by atoms with Crippen LogP contribution in [0.15, 0.2) is 24.3 Å². The Labute approximate surface area is 147 Å². The van der Waals surface area contributed by atoms with E-state index in [-0.39, 0.29) is 17.9 Å². The topological polar surface area (TPSA) is 98.5 Å². The van der Waals surface area contributed by atoms with Gasteiger partial charge in [-0.3, -0.25) is 14.9 Å². The lowest BCUT2D eigenvalue weighted by molar-refractivity contribution is -0.385. The summed E-state index contributed by atoms with van der Waals surface area (Å²) in [6.45, 7) is 1.96. The number of esters is 1. The lowest BCUT2D eigenvalue weighted by Crippen LogP contribution is -2.16. The van der Waals surface area contributed by atoms with Crippen molar-refractivity contribution in [3.8, 4) is 0 Å². The standard InChI is InChI=1S/C17H16N2O5S/c1-2-24-17(21)14-11-7-5-9-13(11)25-16(14)18-15(20)10-6-3-4-8-12(10)19(22)23/h3-4,6,8H,2,5,7,9H2,1H3,(H,18,20). The maximum atomic E-state index is 12.5. The minimum absolute atomic E-state index is 0.0455. The zero-order valence-electron chi connectivity index (χ0n) is 13.5. The van der Waals surface area contributed by atoms with Crippen LogP contribution in [0.1, 0.15) is 44.5 Å². The zero-order valence-corrected chi connectivity index (χ0v) is 14.4. The van der Waals surface area contributed by atoms with Crippen molar-refractivity contribution >= 4 is 33.9 Å². The van der Waals surface area contributed by atoms with Crippen molar-refractivity contribution in [3.63, 3.8) is 0 Å². The highest BCUT2D eigenvalue weighted by atomic mass is 32.1. The van der Waals surface area contributed by atoms with Crippen molar-refractivity contribution < 1.29 is 19.2 Å². The molecule has 0 saturated carbocycles. The Hall–Kier alpha value is -2.74. The maximum absolute atomic E-state index is 12.5. The van der Waals surface area contributed by atoms with Crippen molar-refractivity contribution in [2.45, 2.75) is 26.2 Å². The molecule has 1 aliphatic carbocycles. The molecule has 0 atom stereocenters. The molecule has 130 valence electrons. The summed E-state index contributed by atoms with van der Waals surface area (Å²) in [5.74, 6) is -1.09. The number of aryl methyl sites for hydroxylation is 1. The Balaban J connectivity index is 1.95. The largest absolute Gasteiger partial charge is 0.462 e. The number of ether oxygens (including phenoxy) is 1. The average Bonchev–Trinajstić information content (AvgIpc) is 3.15. The summed E-state index contributed by atoms with van der Waals surface area (Å²) in [7, 11) is 0. The summed E-state index contributed by atoms with van der Waals surface area (Å²) in [4.78, 5) is 36.4. The smallest absolute Gasteiger partial charge is 0.341 e. The number of anilines is 1. The lowest BCUT2D eigenvalue weighted by atomic mass is 10.1. The molecule has 1 aromatic carbocycles. The second kappa shape index (κ2) is 7.02. The Morgan fingerprint density at radius 3 is 2.80 bits per heavy atom. The third-order valence-electron chi connectivity index (χ3n) is 3.97. The fourth-order valence-electron chi connectivity index (χ4n) is 2.91. The van der Waals surface area contributed by atoms with Gasteiger partial charge in [-0.25, -0.2) is 4.79 Å². The summed E-state index contributed by atoms with van der Waals surface area (Å²) in [5.41, 5.74) is 0.977. The first-order chi connectivity index (χ1) is 12.0. The van der Waals surface area contributed by atoms with Crippen molar-refractivity contribution in [1.29, 1.82) is 0 Å². The molecule has 25 heavy (non-hydrogen) atoms. The van der Waals surface area contributed by atoms with Crippen LogP contribution in [0.5, 0.6) is 0 Å². The second-order valence-corrected chi connectivity index (χ2v) is 6.62. The van der Waals surface area contributed by atoms with Crippen LogP contribution < -0.4 is 5.32 Å². The van der Waals surface area contributed by atoms with Gasteiger partial charge < -0.3 is 10.1 Å². The van der Waals surface area contributed by atoms with Gasteiger partial charge in [0.05, 0.1) is 17.1 Å². The van der Waals surface area contributed by atoms with E-state index in [0.29, 0.717) is 10.6 Å². The van der Waals surface area contributed by atoms with Gasteiger partial charge in [0.2, 0.25) is 0 Å². The summed E-state index contributed by atoms with van der Waals surface area (Å²) in [6.07, 6.45) is 2.58. The number of rotatable bonds is 5. The van der Waals surface area contributed by atoms with Crippen LogP contribution in [-0.4, -0.2) is 23.4 Å². The first kappa shape index (κ1) is 17.1. The molecular weight excluding hydrogens is 344 g/mol. The first-order valence-corrected chi connectivity index (χ1v) is 8.71. The number of hydrogen-bond acceptors (Lipinski definition) is 6. The van der Waals surface area contributed by atoms with Crippen molar-refractivity contribution in [2.24, 2.45) is 0 Å². The van der Waals surface area contributed by atoms with Crippen LogP contribution in [0.2, 0.25) is 0 Å². The van der Waals surface area contributed by atoms with Crippen LogP contribution >= 0.6 is 11.3 Å². The molecule has 3 rings (SSSR count). The van der Waals surface area contributed by atoms with Crippen LogP contribution in [0.3, 0.4) is 0 Å². The fourth-order valence-corrected chi connectivity index (χ4v) is 4.18. The van der Waals surface area contributed by atoms with Gasteiger partial charge in [0.15, 0.2) is 0 Å². The number of carbonyl (C=O) groups is 2. The molecular formula is C17H16N2O5S. The monoisotopic (exact) mass is 360 g/mol. The highest BCUT2D eigenvalue weighted by Gasteiger charge is 2.29.